The van der Waals surface area contributed by atoms with E-state index in [4.69, 9.17) is 5.26 Å². The van der Waals surface area contributed by atoms with Crippen LogP contribution in [-0.2, 0) is 4.79 Å². The third-order valence-electron chi connectivity index (χ3n) is 3.47. The van der Waals surface area contributed by atoms with Crippen molar-refractivity contribution in [3.8, 4) is 6.07 Å². The molecule has 1 unspecified atom stereocenters. The first-order chi connectivity index (χ1) is 9.60. The number of piperidine rings is 1. The average molecular weight is 272 g/mol. The van der Waals surface area contributed by atoms with Gasteiger partial charge in [-0.2, -0.15) is 5.26 Å². The molecule has 0 saturated carbocycles. The first kappa shape index (κ1) is 14.3. The van der Waals surface area contributed by atoms with E-state index in [9.17, 15) is 4.79 Å². The summed E-state index contributed by atoms with van der Waals surface area (Å²) in [7, 11) is 0. The Bertz CT molecular complexity index is 521. The molecule has 1 N–H and O–H groups in total. The zero-order valence-electron chi connectivity index (χ0n) is 12.0. The summed E-state index contributed by atoms with van der Waals surface area (Å²) < 4.78 is 0. The van der Waals surface area contributed by atoms with Crippen LogP contribution in [0.5, 0.6) is 0 Å². The maximum atomic E-state index is 11.8. The van der Waals surface area contributed by atoms with Crippen LogP contribution in [0, 0.1) is 17.2 Å². The summed E-state index contributed by atoms with van der Waals surface area (Å²) >= 11 is 0. The number of carbonyl (C=O) groups is 1. The number of nitriles is 1. The van der Waals surface area contributed by atoms with Crippen LogP contribution in [0.4, 0.5) is 5.82 Å². The van der Waals surface area contributed by atoms with E-state index in [-0.39, 0.29) is 17.9 Å². The van der Waals surface area contributed by atoms with Gasteiger partial charge in [0, 0.05) is 25.0 Å². The molecule has 0 bridgehead atoms. The lowest BCUT2D eigenvalue weighted by Crippen LogP contribution is -2.49. The number of hydrogen-bond donors (Lipinski definition) is 1. The van der Waals surface area contributed by atoms with E-state index in [1.807, 2.05) is 26.0 Å². The molecule has 0 radical (unpaired) electrons. The number of carbonyl (C=O) groups excluding carboxylic acids is 1. The zero-order valence-corrected chi connectivity index (χ0v) is 12.0. The molecule has 20 heavy (non-hydrogen) atoms. The van der Waals surface area contributed by atoms with Crippen LogP contribution < -0.4 is 10.2 Å². The summed E-state index contributed by atoms with van der Waals surface area (Å²) in [5.41, 5.74) is 0.427. The molecule has 1 aliphatic rings. The highest BCUT2D eigenvalue weighted by atomic mass is 16.1. The molecular weight excluding hydrogens is 252 g/mol. The van der Waals surface area contributed by atoms with Crippen molar-refractivity contribution in [1.82, 2.24) is 10.3 Å². The van der Waals surface area contributed by atoms with Crippen molar-refractivity contribution >= 4 is 11.7 Å². The molecule has 1 atom stereocenters. The van der Waals surface area contributed by atoms with Crippen molar-refractivity contribution in [2.75, 3.05) is 18.0 Å². The summed E-state index contributed by atoms with van der Waals surface area (Å²) in [6.45, 7) is 5.46. The highest BCUT2D eigenvalue weighted by Gasteiger charge is 2.23. The third kappa shape index (κ3) is 3.47. The fourth-order valence-corrected chi connectivity index (χ4v) is 2.33. The Hall–Kier alpha value is -2.09. The van der Waals surface area contributed by atoms with Crippen LogP contribution in [0.1, 0.15) is 32.4 Å². The molecule has 0 aromatic carbocycles. The van der Waals surface area contributed by atoms with Crippen molar-refractivity contribution in [2.45, 2.75) is 32.7 Å². The molecule has 2 rings (SSSR count). The van der Waals surface area contributed by atoms with E-state index in [1.165, 1.54) is 0 Å². The number of nitrogens with one attached hydrogen (secondary N) is 1. The molecule has 1 aromatic heterocycles. The van der Waals surface area contributed by atoms with Crippen LogP contribution in [-0.4, -0.2) is 30.0 Å². The Kier molecular flexibility index (Phi) is 4.57. The van der Waals surface area contributed by atoms with E-state index in [0.29, 0.717) is 5.69 Å². The van der Waals surface area contributed by atoms with Gasteiger partial charge in [0.05, 0.1) is 0 Å². The second kappa shape index (κ2) is 6.38. The Balaban J connectivity index is 2.03. The maximum Gasteiger partial charge on any atom is 0.222 e. The van der Waals surface area contributed by atoms with Gasteiger partial charge in [-0.05, 0) is 25.0 Å². The van der Waals surface area contributed by atoms with E-state index < -0.39 is 0 Å². The number of hydrogen-bond acceptors (Lipinski definition) is 4. The van der Waals surface area contributed by atoms with Gasteiger partial charge in [0.25, 0.3) is 0 Å². The molecule has 5 heteroatoms. The van der Waals surface area contributed by atoms with Gasteiger partial charge in [0.15, 0.2) is 0 Å². The largest absolute Gasteiger partial charge is 0.355 e. The van der Waals surface area contributed by atoms with E-state index in [1.54, 1.807) is 6.07 Å². The van der Waals surface area contributed by atoms with Crippen molar-refractivity contribution < 1.29 is 4.79 Å². The maximum absolute atomic E-state index is 11.8. The van der Waals surface area contributed by atoms with Crippen LogP contribution in [0.3, 0.4) is 0 Å². The van der Waals surface area contributed by atoms with Crippen LogP contribution >= 0.6 is 0 Å². The molecule has 106 valence electrons. The Morgan fingerprint density at radius 2 is 2.35 bits per heavy atom. The molecule has 0 aliphatic carbocycles. The topological polar surface area (TPSA) is 69.0 Å². The normalized spacial score (nSPS) is 18.7. The monoisotopic (exact) mass is 272 g/mol. The van der Waals surface area contributed by atoms with Gasteiger partial charge < -0.3 is 10.2 Å². The van der Waals surface area contributed by atoms with Crippen molar-refractivity contribution in [1.29, 1.82) is 5.26 Å². The summed E-state index contributed by atoms with van der Waals surface area (Å²) in [6, 6.07) is 7.67. The van der Waals surface area contributed by atoms with E-state index >= 15 is 0 Å². The molecule has 1 fully saturated rings. The lowest BCUT2D eigenvalue weighted by atomic mass is 10.0. The van der Waals surface area contributed by atoms with Crippen molar-refractivity contribution in [3.05, 3.63) is 23.9 Å². The quantitative estimate of drug-likeness (QED) is 0.909. The predicted octanol–water partition coefficient (Wildman–Crippen LogP) is 1.69. The van der Waals surface area contributed by atoms with Crippen LogP contribution in [0.15, 0.2) is 18.2 Å². The van der Waals surface area contributed by atoms with Gasteiger partial charge >= 0.3 is 0 Å². The highest BCUT2D eigenvalue weighted by Crippen LogP contribution is 2.18. The van der Waals surface area contributed by atoms with Gasteiger partial charge in [-0.25, -0.2) is 4.98 Å². The first-order valence-electron chi connectivity index (χ1n) is 7.02. The molecule has 1 amide bonds. The van der Waals surface area contributed by atoms with Gasteiger partial charge in [-0.15, -0.1) is 0 Å². The van der Waals surface area contributed by atoms with Gasteiger partial charge in [-0.3, -0.25) is 4.79 Å². The van der Waals surface area contributed by atoms with Crippen LogP contribution in [0.25, 0.3) is 0 Å². The SMILES string of the molecule is CC(C)C(=O)NC1CCCN(c2cccc(C#N)n2)C1. The number of pyridine rings is 1. The molecule has 2 heterocycles. The fraction of sp³-hybridized carbons (Fsp3) is 0.533. The van der Waals surface area contributed by atoms with E-state index in [0.717, 1.165) is 31.7 Å². The lowest BCUT2D eigenvalue weighted by molar-refractivity contribution is -0.124. The minimum Gasteiger partial charge on any atom is -0.355 e. The predicted molar refractivity (Wildman–Crippen MR) is 77.2 cm³/mol. The van der Waals surface area contributed by atoms with Crippen molar-refractivity contribution in [3.63, 3.8) is 0 Å². The fourth-order valence-electron chi connectivity index (χ4n) is 2.33. The molecule has 5 nitrogen and oxygen atoms in total. The molecule has 0 spiro atoms. The standard InChI is InChI=1S/C15H20N4O/c1-11(2)15(20)18-13-6-4-8-19(10-13)14-7-3-5-12(9-16)17-14/h3,5,7,11,13H,4,6,8,10H2,1-2H3,(H,18,20). The average Bonchev–Trinajstić information content (AvgIpc) is 2.47. The van der Waals surface area contributed by atoms with Gasteiger partial charge in [-0.1, -0.05) is 19.9 Å². The zero-order chi connectivity index (χ0) is 14.5. The van der Waals surface area contributed by atoms with Crippen molar-refractivity contribution in [2.24, 2.45) is 5.92 Å². The second-order valence-corrected chi connectivity index (χ2v) is 5.44. The van der Waals surface area contributed by atoms with E-state index in [2.05, 4.69) is 21.3 Å². The Morgan fingerprint density at radius 3 is 3.05 bits per heavy atom. The summed E-state index contributed by atoms with van der Waals surface area (Å²) in [6.07, 6.45) is 2.01. The first-order valence-corrected chi connectivity index (χ1v) is 7.02. The molecule has 1 aliphatic heterocycles. The number of nitrogens with zero attached hydrogens (tertiary/aromatic N) is 3. The van der Waals surface area contributed by atoms with Gasteiger partial charge in [0.1, 0.15) is 17.6 Å². The Morgan fingerprint density at radius 1 is 1.55 bits per heavy atom. The van der Waals surface area contributed by atoms with Gasteiger partial charge in [0.2, 0.25) is 5.91 Å². The second-order valence-electron chi connectivity index (χ2n) is 5.44. The number of rotatable bonds is 3. The molecular formula is C15H20N4O. The van der Waals surface area contributed by atoms with Crippen LogP contribution in [0.2, 0.25) is 0 Å². The minimum atomic E-state index is 0.00502. The summed E-state index contributed by atoms with van der Waals surface area (Å²) in [4.78, 5) is 18.2. The number of aromatic nitrogens is 1. The number of amides is 1. The Labute approximate surface area is 119 Å². The smallest absolute Gasteiger partial charge is 0.222 e. The number of anilines is 1. The molecule has 1 saturated heterocycles. The lowest BCUT2D eigenvalue weighted by Gasteiger charge is -2.34. The minimum absolute atomic E-state index is 0.00502. The third-order valence-corrected chi connectivity index (χ3v) is 3.47. The summed E-state index contributed by atoms with van der Waals surface area (Å²) in [5.74, 6) is 0.911. The molecule has 1 aromatic rings. The summed E-state index contributed by atoms with van der Waals surface area (Å²) in [5, 5.41) is 12.0. The highest BCUT2D eigenvalue weighted by molar-refractivity contribution is 5.78.